The average molecular weight is 1050 g/mol. The van der Waals surface area contributed by atoms with E-state index in [9.17, 15) is 39.3 Å². The minimum Gasteiger partial charge on any atom is -0.507 e. The van der Waals surface area contributed by atoms with E-state index in [1.165, 1.54) is 13.2 Å². The number of aliphatic imine (C=N–C) groups is 1. The first kappa shape index (κ1) is 55.9. The second kappa shape index (κ2) is 22.3. The van der Waals surface area contributed by atoms with Gasteiger partial charge in [-0.1, -0.05) is 78.0 Å². The Morgan fingerprint density at radius 1 is 0.921 bits per heavy atom. The van der Waals surface area contributed by atoms with Crippen LogP contribution in [0.3, 0.4) is 0 Å². The fourth-order valence-electron chi connectivity index (χ4n) is 11.8. The number of rotatable bonds is 7. The second-order valence-electron chi connectivity index (χ2n) is 22.8. The Hall–Kier alpha value is -6.30. The van der Waals surface area contributed by atoms with Crippen molar-refractivity contribution in [2.45, 2.75) is 137 Å². The number of carbonyl (C=O) groups excluding carboxylic acids is 5. The summed E-state index contributed by atoms with van der Waals surface area (Å²) in [5, 5.41) is 41.9. The number of fused-ring (bicyclic) bond motifs is 13. The molecule has 0 saturated carbocycles. The highest BCUT2D eigenvalue weighted by atomic mass is 16.7. The highest BCUT2D eigenvalue weighted by Crippen LogP contribution is 2.50. The van der Waals surface area contributed by atoms with Crippen molar-refractivity contribution in [3.8, 4) is 11.5 Å². The molecule has 6 aliphatic heterocycles. The number of anilines is 1. The highest BCUT2D eigenvalue weighted by Gasteiger charge is 2.54. The Morgan fingerprint density at radius 3 is 2.25 bits per heavy atom. The van der Waals surface area contributed by atoms with Crippen molar-refractivity contribution in [2.75, 3.05) is 44.7 Å². The highest BCUT2D eigenvalue weighted by molar-refractivity contribution is 6.34. The number of ether oxygens (including phenoxy) is 3. The van der Waals surface area contributed by atoms with Gasteiger partial charge in [-0.25, -0.2) is 0 Å². The van der Waals surface area contributed by atoms with Crippen molar-refractivity contribution in [3.05, 3.63) is 100 Å². The summed E-state index contributed by atoms with van der Waals surface area (Å²) in [6.45, 7) is 20.8. The summed E-state index contributed by atoms with van der Waals surface area (Å²) >= 11 is 0. The number of hydrogen-bond acceptors (Lipinski definition) is 15. The first-order valence-electron chi connectivity index (χ1n) is 27.1. The minimum atomic E-state index is -1.97. The predicted molar refractivity (Wildman–Crippen MR) is 289 cm³/mol. The van der Waals surface area contributed by atoms with E-state index in [-0.39, 0.29) is 69.1 Å². The summed E-state index contributed by atoms with van der Waals surface area (Å²) in [5.74, 6) is -8.56. The van der Waals surface area contributed by atoms with Gasteiger partial charge in [-0.3, -0.25) is 29.0 Å². The van der Waals surface area contributed by atoms with Crippen LogP contribution in [0.15, 0.2) is 82.9 Å². The first-order chi connectivity index (χ1) is 36.0. The number of allylic oxidation sites excluding steroid dienone is 5. The third kappa shape index (κ3) is 10.8. The smallest absolute Gasteiger partial charge is 0.318 e. The topological polar surface area (TPSA) is 220 Å². The molecule has 410 valence electrons. The summed E-state index contributed by atoms with van der Waals surface area (Å²) in [6, 6.07) is 10.3. The van der Waals surface area contributed by atoms with Crippen LogP contribution >= 0.6 is 0 Å². The van der Waals surface area contributed by atoms with E-state index in [1.807, 2.05) is 32.2 Å². The average Bonchev–Trinajstić information content (AvgIpc) is 3.95. The van der Waals surface area contributed by atoms with E-state index in [4.69, 9.17) is 19.2 Å². The third-order valence-corrected chi connectivity index (χ3v) is 16.7. The van der Waals surface area contributed by atoms with Gasteiger partial charge >= 0.3 is 11.8 Å². The number of para-hydroxylation sites is 1. The second-order valence-corrected chi connectivity index (χ2v) is 22.8. The number of phenols is 1. The number of phenolic OH excluding ortho intramolecular Hbond substituents is 1. The van der Waals surface area contributed by atoms with Gasteiger partial charge in [-0.2, -0.15) is 0 Å². The maximum absolute atomic E-state index is 14.9. The maximum Gasteiger partial charge on any atom is 0.318 e. The molecule has 2 amide bonds. The molecule has 0 aromatic heterocycles. The molecular weight excluding hydrogens is 969 g/mol. The Morgan fingerprint density at radius 2 is 1.59 bits per heavy atom. The van der Waals surface area contributed by atoms with Crippen molar-refractivity contribution < 1.29 is 53.5 Å². The molecule has 6 heterocycles. The van der Waals surface area contributed by atoms with Crippen molar-refractivity contribution in [1.29, 1.82) is 0 Å². The summed E-state index contributed by atoms with van der Waals surface area (Å²) < 4.78 is 18.8. The molecule has 5 N–H and O–H groups in total. The van der Waals surface area contributed by atoms with Crippen molar-refractivity contribution in [1.82, 2.24) is 20.4 Å². The number of likely N-dealkylation sites (tertiary alicyclic amines) is 2. The number of esters is 1. The van der Waals surface area contributed by atoms with Gasteiger partial charge in [0.05, 0.1) is 41.0 Å². The lowest BCUT2D eigenvalue weighted by atomic mass is 9.79. The van der Waals surface area contributed by atoms with Crippen LogP contribution in [0.1, 0.15) is 126 Å². The monoisotopic (exact) mass is 1050 g/mol. The summed E-state index contributed by atoms with van der Waals surface area (Å²) in [5.41, 5.74) is 0.856. The molecule has 1 spiro atoms. The molecule has 5 bridgehead atoms. The molecule has 1 unspecified atom stereocenters. The number of amides is 2. The van der Waals surface area contributed by atoms with Crippen LogP contribution < -0.4 is 20.3 Å². The first-order valence-corrected chi connectivity index (χ1v) is 27.1. The zero-order chi connectivity index (χ0) is 55.1. The van der Waals surface area contributed by atoms with Gasteiger partial charge in [0.2, 0.25) is 11.7 Å². The molecule has 1 aliphatic carbocycles. The number of piperidine rings is 2. The molecule has 2 aromatic rings. The third-order valence-electron chi connectivity index (χ3n) is 16.7. The van der Waals surface area contributed by atoms with E-state index in [2.05, 4.69) is 46.4 Å². The van der Waals surface area contributed by atoms with Gasteiger partial charge in [-0.15, -0.1) is 0 Å². The molecule has 17 nitrogen and oxygen atoms in total. The number of nitrogens with zero attached hydrogens (tertiary/aromatic N) is 4. The van der Waals surface area contributed by atoms with Crippen molar-refractivity contribution >= 4 is 40.7 Å². The maximum atomic E-state index is 14.9. The van der Waals surface area contributed by atoms with Crippen molar-refractivity contribution in [2.24, 2.45) is 40.5 Å². The molecule has 76 heavy (non-hydrogen) atoms. The molecule has 7 aliphatic rings. The number of ketones is 2. The van der Waals surface area contributed by atoms with E-state index in [0.717, 1.165) is 25.1 Å². The number of aliphatic hydroxyl groups is 2. The van der Waals surface area contributed by atoms with Gasteiger partial charge in [-0.05, 0) is 70.1 Å². The van der Waals surface area contributed by atoms with Crippen LogP contribution in [-0.2, 0) is 23.9 Å². The van der Waals surface area contributed by atoms with Crippen LogP contribution in [0.5, 0.6) is 11.5 Å². The van der Waals surface area contributed by atoms with Crippen LogP contribution in [0.4, 0.5) is 5.69 Å². The minimum absolute atomic E-state index is 0.0177. The van der Waals surface area contributed by atoms with Gasteiger partial charge < -0.3 is 54.9 Å². The van der Waals surface area contributed by atoms with Crippen LogP contribution in [0.2, 0.25) is 0 Å². The Kier molecular flexibility index (Phi) is 16.4. The number of benzene rings is 2. The lowest BCUT2D eigenvalue weighted by Gasteiger charge is -2.39. The molecule has 9 rings (SSSR count). The molecule has 9 atom stereocenters. The van der Waals surface area contributed by atoms with E-state index in [0.29, 0.717) is 44.9 Å². The van der Waals surface area contributed by atoms with Gasteiger partial charge in [0.1, 0.15) is 34.9 Å². The number of aliphatic hydroxyl groups excluding tert-OH is 2. The number of Topliss-reactive ketones (excluding diaryl/α,β-unsaturated/α-hetero) is 2. The summed E-state index contributed by atoms with van der Waals surface area (Å²) in [4.78, 5) is 83.4. The van der Waals surface area contributed by atoms with Crippen LogP contribution in [0.25, 0.3) is 0 Å². The Labute approximate surface area is 447 Å². The normalized spacial score (nSPS) is 30.3. The standard InChI is InChI=1S/C59H78N6O11/c1-32(2)31-64-28-24-59(25-29-64)61-45-42-43-50(68)38(8)53-44(42)54(70)58(10,76-53)74-30-16-19-34(4)52(75-57(73)39(9)56(72)65-26-22-41(23-27-65)63(11)40-20-13-12-14-21-40)37(7)49(67)36(6)48(66)33(3)17-15-18-35(5)55(71)60-47(51(43)69)46(45)62-59/h12-18,20-21,30,32-34,36-37,39,41,48-49,52,62,66-68H,19,22-29,31H2,1-11H3,(H,60,71)/b17-15+,30-16+,35-18-/t33-,34+,36+,37+,39?,48-,49+,52+,58-/m0/s1. The van der Waals surface area contributed by atoms with E-state index >= 15 is 0 Å². The zero-order valence-electron chi connectivity index (χ0n) is 46.0. The SMILES string of the molecule is C/C1=C/C=C/[C@H](C)[C@H](O)[C@@H](C)[C@@H](O)[C@@H](C)[C@H](OC(=O)C(C)C(=O)N2CCC(N(C)c3ccccc3)CC2)[C@H](C)C/C=C/O[C@@]2(C)Oc3c(C)c(O)c4c(c3C2=O)C2=NC3(CCN(CC(C)C)CC3)NC2=C(NC1=O)C4=O. The predicted octanol–water partition coefficient (Wildman–Crippen LogP) is 6.73. The molecule has 0 radical (unpaired) electrons. The summed E-state index contributed by atoms with van der Waals surface area (Å²) in [7, 11) is 2.05. The lowest BCUT2D eigenvalue weighted by Crippen LogP contribution is -2.50. The van der Waals surface area contributed by atoms with E-state index < -0.39 is 88.5 Å². The Bertz CT molecular complexity index is 2750. The number of carbonyl (C=O) groups is 5. The quantitative estimate of drug-likeness (QED) is 0.143. The van der Waals surface area contributed by atoms with Gasteiger partial charge in [0, 0.05) is 106 Å². The van der Waals surface area contributed by atoms with E-state index in [1.54, 1.807) is 70.7 Å². The molecule has 2 saturated heterocycles. The molecule has 2 aromatic carbocycles. The van der Waals surface area contributed by atoms with Gasteiger partial charge in [0.25, 0.3) is 11.7 Å². The van der Waals surface area contributed by atoms with Crippen LogP contribution in [-0.4, -0.2) is 136 Å². The zero-order valence-corrected chi connectivity index (χ0v) is 46.0. The fourth-order valence-corrected chi connectivity index (χ4v) is 11.8. The van der Waals surface area contributed by atoms with Gasteiger partial charge in [0.15, 0.2) is 0 Å². The number of hydrogen-bond donors (Lipinski definition) is 5. The molecule has 17 heteroatoms. The summed E-state index contributed by atoms with van der Waals surface area (Å²) in [6.07, 6.45) is 7.44. The van der Waals surface area contributed by atoms with Crippen molar-refractivity contribution in [3.63, 3.8) is 0 Å². The largest absolute Gasteiger partial charge is 0.507 e. The lowest BCUT2D eigenvalue weighted by molar-refractivity contribution is -0.168. The Balaban J connectivity index is 1.09. The molecule has 2 fully saturated rings. The number of aromatic hydroxyl groups is 1. The number of nitrogens with one attached hydrogen (secondary N) is 2. The fraction of sp³-hybridized carbons (Fsp3) is 0.559. The molecular formula is C59H78N6O11. The van der Waals surface area contributed by atoms with Crippen LogP contribution in [0, 0.1) is 42.4 Å².